The first-order chi connectivity index (χ1) is 9.10. The van der Waals surface area contributed by atoms with Crippen molar-refractivity contribution in [1.82, 2.24) is 0 Å². The standard InChI is InChI=1S/C17H22N2/c1-4-13-5-7-14(8-6-13)11-15-9-10-17(19(2)3)16(18)12-15/h5-10,12H,4,11,18H2,1-3H3. The van der Waals surface area contributed by atoms with Crippen LogP contribution in [0.4, 0.5) is 11.4 Å². The summed E-state index contributed by atoms with van der Waals surface area (Å²) < 4.78 is 0. The summed E-state index contributed by atoms with van der Waals surface area (Å²) in [6.07, 6.45) is 2.02. The Morgan fingerprint density at radius 1 is 0.895 bits per heavy atom. The lowest BCUT2D eigenvalue weighted by molar-refractivity contribution is 1.11. The topological polar surface area (TPSA) is 29.3 Å². The molecule has 0 bridgehead atoms. The zero-order chi connectivity index (χ0) is 13.8. The number of benzene rings is 2. The van der Waals surface area contributed by atoms with Gasteiger partial charge < -0.3 is 10.6 Å². The smallest absolute Gasteiger partial charge is 0.0594 e. The largest absolute Gasteiger partial charge is 0.397 e. The van der Waals surface area contributed by atoms with Crippen LogP contribution in [-0.4, -0.2) is 14.1 Å². The van der Waals surface area contributed by atoms with Crippen molar-refractivity contribution >= 4 is 11.4 Å². The SMILES string of the molecule is CCc1ccc(Cc2ccc(N(C)C)c(N)c2)cc1. The maximum atomic E-state index is 6.08. The molecule has 2 heteroatoms. The highest BCUT2D eigenvalue weighted by Gasteiger charge is 2.03. The first kappa shape index (κ1) is 13.5. The molecule has 2 aromatic rings. The molecule has 2 N–H and O–H groups in total. The first-order valence-electron chi connectivity index (χ1n) is 6.73. The molecule has 100 valence electrons. The van der Waals surface area contributed by atoms with E-state index in [9.17, 15) is 0 Å². The van der Waals surface area contributed by atoms with Crippen LogP contribution in [0, 0.1) is 0 Å². The Hall–Kier alpha value is -1.96. The predicted molar refractivity (Wildman–Crippen MR) is 83.8 cm³/mol. The van der Waals surface area contributed by atoms with Crippen LogP contribution in [0.1, 0.15) is 23.6 Å². The van der Waals surface area contributed by atoms with Crippen LogP contribution in [0.15, 0.2) is 42.5 Å². The van der Waals surface area contributed by atoms with Crippen LogP contribution in [-0.2, 0) is 12.8 Å². The summed E-state index contributed by atoms with van der Waals surface area (Å²) in [4.78, 5) is 2.04. The van der Waals surface area contributed by atoms with E-state index < -0.39 is 0 Å². The second-order valence-electron chi connectivity index (χ2n) is 5.13. The van der Waals surface area contributed by atoms with Gasteiger partial charge in [0.25, 0.3) is 0 Å². The van der Waals surface area contributed by atoms with Gasteiger partial charge in [-0.25, -0.2) is 0 Å². The molecule has 2 nitrogen and oxygen atoms in total. The molecule has 0 aliphatic carbocycles. The van der Waals surface area contributed by atoms with Crippen LogP contribution in [0.3, 0.4) is 0 Å². The van der Waals surface area contributed by atoms with Crippen molar-refractivity contribution in [3.05, 3.63) is 59.2 Å². The summed E-state index contributed by atoms with van der Waals surface area (Å²) >= 11 is 0. The van der Waals surface area contributed by atoms with Crippen LogP contribution >= 0.6 is 0 Å². The van der Waals surface area contributed by atoms with Gasteiger partial charge in [-0.05, 0) is 41.7 Å². The number of nitrogens with zero attached hydrogens (tertiary/aromatic N) is 1. The van der Waals surface area contributed by atoms with Gasteiger partial charge >= 0.3 is 0 Å². The fourth-order valence-corrected chi connectivity index (χ4v) is 2.25. The van der Waals surface area contributed by atoms with Gasteiger partial charge in [-0.3, -0.25) is 0 Å². The number of nitrogen functional groups attached to an aromatic ring is 1. The minimum atomic E-state index is 0.840. The first-order valence-corrected chi connectivity index (χ1v) is 6.73. The molecule has 0 aromatic heterocycles. The van der Waals surface area contributed by atoms with Gasteiger partial charge in [-0.1, -0.05) is 37.3 Å². The molecule has 0 radical (unpaired) electrons. The summed E-state index contributed by atoms with van der Waals surface area (Å²) in [6.45, 7) is 2.18. The normalized spacial score (nSPS) is 10.5. The monoisotopic (exact) mass is 254 g/mol. The van der Waals surface area contributed by atoms with Crippen LogP contribution in [0.5, 0.6) is 0 Å². The molecular formula is C17H22N2. The summed E-state index contributed by atoms with van der Waals surface area (Å²) in [5.41, 5.74) is 12.0. The number of hydrogen-bond donors (Lipinski definition) is 1. The van der Waals surface area contributed by atoms with E-state index in [4.69, 9.17) is 5.73 Å². The Kier molecular flexibility index (Phi) is 4.10. The maximum absolute atomic E-state index is 6.08. The van der Waals surface area contributed by atoms with Crippen molar-refractivity contribution < 1.29 is 0 Å². The average Bonchev–Trinajstić information content (AvgIpc) is 2.39. The molecule has 0 spiro atoms. The summed E-state index contributed by atoms with van der Waals surface area (Å²) in [6, 6.07) is 15.1. The van der Waals surface area contributed by atoms with E-state index in [0.29, 0.717) is 0 Å². The van der Waals surface area contributed by atoms with Crippen molar-refractivity contribution in [1.29, 1.82) is 0 Å². The highest BCUT2D eigenvalue weighted by atomic mass is 15.1. The number of aryl methyl sites for hydroxylation is 1. The van der Waals surface area contributed by atoms with Gasteiger partial charge in [0.15, 0.2) is 0 Å². The molecule has 0 aliphatic rings. The molecule has 2 aromatic carbocycles. The van der Waals surface area contributed by atoms with Crippen molar-refractivity contribution in [3.8, 4) is 0 Å². The Morgan fingerprint density at radius 3 is 2.00 bits per heavy atom. The van der Waals surface area contributed by atoms with Gasteiger partial charge in [-0.2, -0.15) is 0 Å². The van der Waals surface area contributed by atoms with Gasteiger partial charge in [-0.15, -0.1) is 0 Å². The minimum Gasteiger partial charge on any atom is -0.397 e. The van der Waals surface area contributed by atoms with E-state index in [1.54, 1.807) is 0 Å². The predicted octanol–water partition coefficient (Wildman–Crippen LogP) is 3.49. The van der Waals surface area contributed by atoms with E-state index in [1.807, 2.05) is 19.0 Å². The number of anilines is 2. The van der Waals surface area contributed by atoms with Crippen LogP contribution in [0.25, 0.3) is 0 Å². The summed E-state index contributed by atoms with van der Waals surface area (Å²) in [5.74, 6) is 0. The maximum Gasteiger partial charge on any atom is 0.0594 e. The Morgan fingerprint density at radius 2 is 1.47 bits per heavy atom. The zero-order valence-corrected chi connectivity index (χ0v) is 12.0. The van der Waals surface area contributed by atoms with E-state index >= 15 is 0 Å². The van der Waals surface area contributed by atoms with Gasteiger partial charge in [0, 0.05) is 14.1 Å². The third-order valence-corrected chi connectivity index (χ3v) is 3.41. The lowest BCUT2D eigenvalue weighted by Crippen LogP contribution is -2.11. The minimum absolute atomic E-state index is 0.840. The van der Waals surface area contributed by atoms with Crippen molar-refractivity contribution in [3.63, 3.8) is 0 Å². The van der Waals surface area contributed by atoms with Crippen molar-refractivity contribution in [2.75, 3.05) is 24.7 Å². The number of rotatable bonds is 4. The molecular weight excluding hydrogens is 232 g/mol. The third kappa shape index (κ3) is 3.28. The number of hydrogen-bond acceptors (Lipinski definition) is 2. The Labute approximate surface area is 115 Å². The van der Waals surface area contributed by atoms with E-state index in [-0.39, 0.29) is 0 Å². The Bertz CT molecular complexity index is 542. The van der Waals surface area contributed by atoms with Crippen LogP contribution < -0.4 is 10.6 Å². The second kappa shape index (κ2) is 5.79. The molecule has 19 heavy (non-hydrogen) atoms. The summed E-state index contributed by atoms with van der Waals surface area (Å²) in [5, 5.41) is 0. The highest BCUT2D eigenvalue weighted by Crippen LogP contribution is 2.23. The van der Waals surface area contributed by atoms with E-state index in [2.05, 4.69) is 49.4 Å². The molecule has 0 saturated carbocycles. The molecule has 0 unspecified atom stereocenters. The number of nitrogens with two attached hydrogens (primary N) is 1. The molecule has 0 atom stereocenters. The average molecular weight is 254 g/mol. The fraction of sp³-hybridized carbons (Fsp3) is 0.294. The molecule has 0 amide bonds. The van der Waals surface area contributed by atoms with Gasteiger partial charge in [0.05, 0.1) is 11.4 Å². The third-order valence-electron chi connectivity index (χ3n) is 3.41. The van der Waals surface area contributed by atoms with E-state index in [0.717, 1.165) is 24.2 Å². The van der Waals surface area contributed by atoms with Gasteiger partial charge in [0.1, 0.15) is 0 Å². The van der Waals surface area contributed by atoms with Crippen molar-refractivity contribution in [2.45, 2.75) is 19.8 Å². The van der Waals surface area contributed by atoms with Crippen molar-refractivity contribution in [2.24, 2.45) is 0 Å². The molecule has 0 saturated heterocycles. The molecule has 0 fully saturated rings. The molecule has 2 rings (SSSR count). The van der Waals surface area contributed by atoms with Crippen LogP contribution in [0.2, 0.25) is 0 Å². The highest BCUT2D eigenvalue weighted by molar-refractivity contribution is 5.68. The fourth-order valence-electron chi connectivity index (χ4n) is 2.25. The van der Waals surface area contributed by atoms with E-state index in [1.165, 1.54) is 16.7 Å². The van der Waals surface area contributed by atoms with Gasteiger partial charge in [0.2, 0.25) is 0 Å². The summed E-state index contributed by atoms with van der Waals surface area (Å²) in [7, 11) is 4.02. The molecule has 0 heterocycles. The second-order valence-corrected chi connectivity index (χ2v) is 5.13. The molecule has 0 aliphatic heterocycles. The quantitative estimate of drug-likeness (QED) is 0.846. The Balaban J connectivity index is 2.16. The lowest BCUT2D eigenvalue weighted by atomic mass is 10.0. The zero-order valence-electron chi connectivity index (χ0n) is 12.0. The lowest BCUT2D eigenvalue weighted by Gasteiger charge is -2.16.